The van der Waals surface area contributed by atoms with Gasteiger partial charge in [0.15, 0.2) is 0 Å². The van der Waals surface area contributed by atoms with E-state index < -0.39 is 0 Å². The third-order valence-electron chi connectivity index (χ3n) is 2.29. The monoisotopic (exact) mass is 240 g/mol. The lowest BCUT2D eigenvalue weighted by atomic mass is 10.2. The highest BCUT2D eigenvalue weighted by Crippen LogP contribution is 1.96. The summed E-state index contributed by atoms with van der Waals surface area (Å²) in [6.45, 7) is 11.6. The summed E-state index contributed by atoms with van der Waals surface area (Å²) in [5.74, 6) is 1.62. The molecule has 1 aromatic heterocycles. The normalized spacial score (nSPS) is 11.6. The fourth-order valence-corrected chi connectivity index (χ4v) is 1.46. The van der Waals surface area contributed by atoms with E-state index in [1.807, 2.05) is 18.5 Å². The van der Waals surface area contributed by atoms with Crippen molar-refractivity contribution in [3.8, 4) is 0 Å². The molecule has 0 aliphatic carbocycles. The van der Waals surface area contributed by atoms with E-state index in [1.165, 1.54) is 0 Å². The Morgan fingerprint density at radius 1 is 1.35 bits per heavy atom. The predicted octanol–water partition coefficient (Wildman–Crippen LogP) is 1.45. The minimum absolute atomic E-state index is 0.265. The van der Waals surface area contributed by atoms with Gasteiger partial charge in [-0.2, -0.15) is 5.10 Å². The van der Waals surface area contributed by atoms with E-state index in [0.717, 1.165) is 25.5 Å². The molecular weight excluding hydrogens is 216 g/mol. The molecule has 0 aromatic carbocycles. The predicted molar refractivity (Wildman–Crippen MR) is 67.7 cm³/mol. The maximum Gasteiger partial charge on any atom is 0.140 e. The quantitative estimate of drug-likeness (QED) is 0.747. The number of ether oxygens (including phenoxy) is 1. The van der Waals surface area contributed by atoms with Gasteiger partial charge in [0.2, 0.25) is 0 Å². The SMILES string of the molecule is CC(C)CNCc1ncnn1CCOC(C)C. The summed E-state index contributed by atoms with van der Waals surface area (Å²) in [7, 11) is 0. The molecule has 0 fully saturated rings. The van der Waals surface area contributed by atoms with Crippen LogP contribution in [0, 0.1) is 5.92 Å². The van der Waals surface area contributed by atoms with Crippen LogP contribution < -0.4 is 5.32 Å². The third-order valence-corrected chi connectivity index (χ3v) is 2.29. The van der Waals surface area contributed by atoms with Gasteiger partial charge in [0.05, 0.1) is 25.8 Å². The van der Waals surface area contributed by atoms with Crippen LogP contribution in [0.3, 0.4) is 0 Å². The highest BCUT2D eigenvalue weighted by Gasteiger charge is 2.04. The maximum absolute atomic E-state index is 5.50. The second-order valence-corrected chi connectivity index (χ2v) is 4.84. The average molecular weight is 240 g/mol. The molecule has 1 heterocycles. The van der Waals surface area contributed by atoms with Gasteiger partial charge >= 0.3 is 0 Å². The molecule has 0 atom stereocenters. The van der Waals surface area contributed by atoms with Crippen LogP contribution in [-0.4, -0.2) is 34.0 Å². The van der Waals surface area contributed by atoms with Gasteiger partial charge in [0, 0.05) is 0 Å². The van der Waals surface area contributed by atoms with Gasteiger partial charge in [0.1, 0.15) is 12.2 Å². The standard InChI is InChI=1S/C12H24N4O/c1-10(2)7-13-8-12-14-9-15-16(12)5-6-17-11(3)4/h9-11,13H,5-8H2,1-4H3. The van der Waals surface area contributed by atoms with E-state index in [1.54, 1.807) is 6.33 Å². The van der Waals surface area contributed by atoms with Gasteiger partial charge in [-0.25, -0.2) is 9.67 Å². The van der Waals surface area contributed by atoms with Crippen molar-refractivity contribution >= 4 is 0 Å². The molecule has 5 heteroatoms. The third kappa shape index (κ3) is 5.79. The number of nitrogens with zero attached hydrogens (tertiary/aromatic N) is 3. The summed E-state index contributed by atoms with van der Waals surface area (Å²) in [5, 5.41) is 7.56. The molecule has 5 nitrogen and oxygen atoms in total. The van der Waals surface area contributed by atoms with Gasteiger partial charge in [-0.1, -0.05) is 13.8 Å². The molecule has 0 unspecified atom stereocenters. The number of rotatable bonds is 8. The molecular formula is C12H24N4O. The first kappa shape index (κ1) is 14.1. The largest absolute Gasteiger partial charge is 0.377 e. The summed E-state index contributed by atoms with van der Waals surface area (Å²) >= 11 is 0. The van der Waals surface area contributed by atoms with Crippen LogP contribution in [0.15, 0.2) is 6.33 Å². The Labute approximate surface area is 104 Å². The Balaban J connectivity index is 2.32. The van der Waals surface area contributed by atoms with Gasteiger partial charge in [-0.05, 0) is 26.3 Å². The molecule has 0 bridgehead atoms. The van der Waals surface area contributed by atoms with E-state index in [9.17, 15) is 0 Å². The Bertz CT molecular complexity index is 281. The summed E-state index contributed by atoms with van der Waals surface area (Å²) in [6, 6.07) is 0. The van der Waals surface area contributed by atoms with Crippen molar-refractivity contribution in [2.45, 2.75) is 46.9 Å². The zero-order valence-electron chi connectivity index (χ0n) is 11.3. The maximum atomic E-state index is 5.50. The smallest absolute Gasteiger partial charge is 0.140 e. The van der Waals surface area contributed by atoms with Crippen LogP contribution in [0.1, 0.15) is 33.5 Å². The lowest BCUT2D eigenvalue weighted by Crippen LogP contribution is -2.22. The second kappa shape index (κ2) is 7.40. The number of aromatic nitrogens is 3. The van der Waals surface area contributed by atoms with Gasteiger partial charge < -0.3 is 10.1 Å². The first-order chi connectivity index (χ1) is 8.09. The van der Waals surface area contributed by atoms with Crippen molar-refractivity contribution in [2.75, 3.05) is 13.2 Å². The lowest BCUT2D eigenvalue weighted by molar-refractivity contribution is 0.0703. The van der Waals surface area contributed by atoms with E-state index in [2.05, 4.69) is 29.2 Å². The molecule has 0 amide bonds. The van der Waals surface area contributed by atoms with Crippen LogP contribution in [0.4, 0.5) is 0 Å². The molecule has 1 N–H and O–H groups in total. The molecule has 1 rings (SSSR count). The molecule has 98 valence electrons. The average Bonchev–Trinajstić information content (AvgIpc) is 2.65. The van der Waals surface area contributed by atoms with Crippen molar-refractivity contribution in [1.29, 1.82) is 0 Å². The molecule has 0 saturated carbocycles. The van der Waals surface area contributed by atoms with E-state index in [-0.39, 0.29) is 6.10 Å². The highest BCUT2D eigenvalue weighted by molar-refractivity contribution is 4.83. The van der Waals surface area contributed by atoms with Crippen LogP contribution in [0.2, 0.25) is 0 Å². The van der Waals surface area contributed by atoms with Crippen molar-refractivity contribution < 1.29 is 4.74 Å². The Kier molecular flexibility index (Phi) is 6.15. The minimum atomic E-state index is 0.265. The zero-order valence-corrected chi connectivity index (χ0v) is 11.3. The molecule has 0 radical (unpaired) electrons. The van der Waals surface area contributed by atoms with Gasteiger partial charge in [-0.15, -0.1) is 0 Å². The van der Waals surface area contributed by atoms with Crippen LogP contribution in [0.5, 0.6) is 0 Å². The molecule has 0 aliphatic heterocycles. The highest BCUT2D eigenvalue weighted by atomic mass is 16.5. The molecule has 0 aliphatic rings. The van der Waals surface area contributed by atoms with Gasteiger partial charge in [-0.3, -0.25) is 0 Å². The second-order valence-electron chi connectivity index (χ2n) is 4.84. The molecule has 17 heavy (non-hydrogen) atoms. The minimum Gasteiger partial charge on any atom is -0.377 e. The first-order valence-corrected chi connectivity index (χ1v) is 6.28. The fraction of sp³-hybridized carbons (Fsp3) is 0.833. The van der Waals surface area contributed by atoms with Gasteiger partial charge in [0.25, 0.3) is 0 Å². The Morgan fingerprint density at radius 2 is 2.12 bits per heavy atom. The summed E-state index contributed by atoms with van der Waals surface area (Å²) in [4.78, 5) is 4.24. The van der Waals surface area contributed by atoms with Crippen LogP contribution in [0.25, 0.3) is 0 Å². The summed E-state index contributed by atoms with van der Waals surface area (Å²) < 4.78 is 7.40. The Hall–Kier alpha value is -0.940. The lowest BCUT2D eigenvalue weighted by Gasteiger charge is -2.10. The topological polar surface area (TPSA) is 52.0 Å². The van der Waals surface area contributed by atoms with E-state index in [4.69, 9.17) is 4.74 Å². The number of hydrogen-bond acceptors (Lipinski definition) is 4. The number of nitrogens with one attached hydrogen (secondary N) is 1. The summed E-state index contributed by atoms with van der Waals surface area (Å²) in [5.41, 5.74) is 0. The Morgan fingerprint density at radius 3 is 2.76 bits per heavy atom. The van der Waals surface area contributed by atoms with Crippen LogP contribution in [-0.2, 0) is 17.8 Å². The van der Waals surface area contributed by atoms with Crippen molar-refractivity contribution in [3.63, 3.8) is 0 Å². The van der Waals surface area contributed by atoms with E-state index >= 15 is 0 Å². The number of hydrogen-bond donors (Lipinski definition) is 1. The van der Waals surface area contributed by atoms with Crippen LogP contribution >= 0.6 is 0 Å². The van der Waals surface area contributed by atoms with Crippen molar-refractivity contribution in [1.82, 2.24) is 20.1 Å². The van der Waals surface area contributed by atoms with E-state index in [0.29, 0.717) is 12.5 Å². The van der Waals surface area contributed by atoms with Crippen molar-refractivity contribution in [3.05, 3.63) is 12.2 Å². The molecule has 0 spiro atoms. The summed E-state index contributed by atoms with van der Waals surface area (Å²) in [6.07, 6.45) is 1.86. The molecule has 1 aromatic rings. The zero-order chi connectivity index (χ0) is 12.7. The molecule has 0 saturated heterocycles. The van der Waals surface area contributed by atoms with Crippen molar-refractivity contribution in [2.24, 2.45) is 5.92 Å². The fourth-order valence-electron chi connectivity index (χ4n) is 1.46. The first-order valence-electron chi connectivity index (χ1n) is 6.28.